The van der Waals surface area contributed by atoms with Crippen molar-refractivity contribution in [3.8, 4) is 5.75 Å². The maximum absolute atomic E-state index is 13.0. The zero-order valence-corrected chi connectivity index (χ0v) is 16.4. The standard InChI is InChI=1S/C21H16ClN3O2S/c22-17-10-6-11-18-20(17)24-21(28-18)25(13-15-7-4-5-12-23-15)19(26)14-27-16-8-2-1-3-9-16/h1-12H,13-14H2. The van der Waals surface area contributed by atoms with Gasteiger partial charge in [0.05, 0.1) is 22.0 Å². The molecule has 0 aliphatic heterocycles. The minimum absolute atomic E-state index is 0.0967. The smallest absolute Gasteiger partial charge is 0.267 e. The zero-order chi connectivity index (χ0) is 19.3. The lowest BCUT2D eigenvalue weighted by atomic mass is 10.3. The van der Waals surface area contributed by atoms with Crippen molar-refractivity contribution in [2.75, 3.05) is 11.5 Å². The molecule has 0 spiro atoms. The Morgan fingerprint density at radius 2 is 1.86 bits per heavy atom. The number of anilines is 1. The molecule has 28 heavy (non-hydrogen) atoms. The molecule has 0 atom stereocenters. The van der Waals surface area contributed by atoms with Crippen molar-refractivity contribution < 1.29 is 9.53 Å². The van der Waals surface area contributed by atoms with Gasteiger partial charge in [0.25, 0.3) is 5.91 Å². The van der Waals surface area contributed by atoms with Crippen LogP contribution in [0.3, 0.4) is 0 Å². The van der Waals surface area contributed by atoms with Crippen LogP contribution in [0.1, 0.15) is 5.69 Å². The minimum Gasteiger partial charge on any atom is -0.484 e. The number of carbonyl (C=O) groups is 1. The Morgan fingerprint density at radius 1 is 1.04 bits per heavy atom. The topological polar surface area (TPSA) is 55.3 Å². The molecule has 4 rings (SSSR count). The number of halogens is 1. The number of thiazole rings is 1. The van der Waals surface area contributed by atoms with Crippen LogP contribution in [-0.4, -0.2) is 22.5 Å². The Labute approximate surface area is 171 Å². The highest BCUT2D eigenvalue weighted by atomic mass is 35.5. The predicted octanol–water partition coefficient (Wildman–Crippen LogP) is 4.96. The maximum atomic E-state index is 13.0. The molecule has 0 saturated carbocycles. The lowest BCUT2D eigenvalue weighted by molar-refractivity contribution is -0.120. The van der Waals surface area contributed by atoms with Crippen LogP contribution < -0.4 is 9.64 Å². The predicted molar refractivity (Wildman–Crippen MR) is 112 cm³/mol. The molecule has 0 unspecified atom stereocenters. The highest BCUT2D eigenvalue weighted by molar-refractivity contribution is 7.22. The first-order valence-electron chi connectivity index (χ1n) is 8.64. The second-order valence-electron chi connectivity index (χ2n) is 5.99. The monoisotopic (exact) mass is 409 g/mol. The van der Waals surface area contributed by atoms with E-state index in [0.29, 0.717) is 28.0 Å². The van der Waals surface area contributed by atoms with Gasteiger partial charge >= 0.3 is 0 Å². The fourth-order valence-corrected chi connectivity index (χ4v) is 3.96. The Kier molecular flexibility index (Phi) is 5.50. The number of carbonyl (C=O) groups excluding carboxylic acids is 1. The summed E-state index contributed by atoms with van der Waals surface area (Å²) in [5, 5.41) is 1.13. The number of rotatable bonds is 6. The highest BCUT2D eigenvalue weighted by Crippen LogP contribution is 2.33. The summed E-state index contributed by atoms with van der Waals surface area (Å²) in [5.41, 5.74) is 1.45. The summed E-state index contributed by atoms with van der Waals surface area (Å²) in [7, 11) is 0. The number of para-hydroxylation sites is 2. The number of pyridine rings is 1. The number of hydrogen-bond acceptors (Lipinski definition) is 5. The lowest BCUT2D eigenvalue weighted by Crippen LogP contribution is -2.34. The van der Waals surface area contributed by atoms with Crippen LogP contribution in [0.25, 0.3) is 10.2 Å². The molecule has 0 fully saturated rings. The molecule has 2 aromatic carbocycles. The first-order valence-corrected chi connectivity index (χ1v) is 9.83. The summed E-state index contributed by atoms with van der Waals surface area (Å²) in [6, 6.07) is 20.4. The van der Waals surface area contributed by atoms with E-state index in [2.05, 4.69) is 9.97 Å². The van der Waals surface area contributed by atoms with Gasteiger partial charge in [-0.05, 0) is 36.4 Å². The Bertz CT molecular complexity index is 1090. The summed E-state index contributed by atoms with van der Waals surface area (Å²) < 4.78 is 6.57. The minimum atomic E-state index is -0.204. The fraction of sp³-hybridized carbons (Fsp3) is 0.0952. The van der Waals surface area contributed by atoms with E-state index in [1.54, 1.807) is 17.2 Å². The average Bonchev–Trinajstić information content (AvgIpc) is 3.17. The van der Waals surface area contributed by atoms with Crippen LogP contribution in [0.5, 0.6) is 5.75 Å². The van der Waals surface area contributed by atoms with Crippen molar-refractivity contribution in [1.82, 2.24) is 9.97 Å². The van der Waals surface area contributed by atoms with Gasteiger partial charge in [-0.15, -0.1) is 0 Å². The Morgan fingerprint density at radius 3 is 2.61 bits per heavy atom. The first-order chi connectivity index (χ1) is 13.7. The third kappa shape index (κ3) is 4.13. The number of aromatic nitrogens is 2. The zero-order valence-electron chi connectivity index (χ0n) is 14.8. The molecule has 1 amide bonds. The van der Waals surface area contributed by atoms with E-state index in [-0.39, 0.29) is 12.5 Å². The Balaban J connectivity index is 1.62. The number of benzene rings is 2. The van der Waals surface area contributed by atoms with E-state index in [4.69, 9.17) is 16.3 Å². The molecule has 0 bridgehead atoms. The fourth-order valence-electron chi connectivity index (χ4n) is 2.67. The summed E-state index contributed by atoms with van der Waals surface area (Å²) in [6.45, 7) is 0.204. The van der Waals surface area contributed by atoms with Gasteiger partial charge in [0.15, 0.2) is 11.7 Å². The van der Waals surface area contributed by atoms with Gasteiger partial charge in [-0.25, -0.2) is 4.98 Å². The van der Waals surface area contributed by atoms with E-state index in [1.807, 2.05) is 60.7 Å². The quantitative estimate of drug-likeness (QED) is 0.451. The second-order valence-corrected chi connectivity index (χ2v) is 7.40. The number of ether oxygens (including phenoxy) is 1. The van der Waals surface area contributed by atoms with Gasteiger partial charge in [-0.1, -0.05) is 53.3 Å². The van der Waals surface area contributed by atoms with E-state index >= 15 is 0 Å². The molecule has 2 aromatic heterocycles. The van der Waals surface area contributed by atoms with Crippen molar-refractivity contribution in [3.05, 3.63) is 83.6 Å². The number of fused-ring (bicyclic) bond motifs is 1. The number of hydrogen-bond donors (Lipinski definition) is 0. The molecule has 7 heteroatoms. The largest absolute Gasteiger partial charge is 0.484 e. The molecular formula is C21H16ClN3O2S. The number of nitrogens with zero attached hydrogens (tertiary/aromatic N) is 3. The van der Waals surface area contributed by atoms with Crippen molar-refractivity contribution >= 4 is 44.2 Å². The van der Waals surface area contributed by atoms with Gasteiger partial charge in [-0.2, -0.15) is 0 Å². The maximum Gasteiger partial charge on any atom is 0.267 e. The van der Waals surface area contributed by atoms with Crippen molar-refractivity contribution in [2.45, 2.75) is 6.54 Å². The number of amides is 1. The molecule has 0 radical (unpaired) electrons. The summed E-state index contributed by atoms with van der Waals surface area (Å²) in [5.74, 6) is 0.436. The van der Waals surface area contributed by atoms with Gasteiger partial charge in [0, 0.05) is 6.20 Å². The van der Waals surface area contributed by atoms with E-state index in [1.165, 1.54) is 11.3 Å². The Hall–Kier alpha value is -2.96. The van der Waals surface area contributed by atoms with E-state index < -0.39 is 0 Å². The van der Waals surface area contributed by atoms with Crippen LogP contribution in [0.15, 0.2) is 72.9 Å². The third-order valence-corrected chi connectivity index (χ3v) is 5.39. The van der Waals surface area contributed by atoms with Crippen molar-refractivity contribution in [2.24, 2.45) is 0 Å². The molecule has 0 saturated heterocycles. The molecule has 4 aromatic rings. The molecule has 5 nitrogen and oxygen atoms in total. The van der Waals surface area contributed by atoms with E-state index in [9.17, 15) is 4.79 Å². The summed E-state index contributed by atoms with van der Waals surface area (Å²) in [6.07, 6.45) is 1.70. The van der Waals surface area contributed by atoms with E-state index in [0.717, 1.165) is 10.4 Å². The van der Waals surface area contributed by atoms with Crippen LogP contribution in [0.2, 0.25) is 5.02 Å². The summed E-state index contributed by atoms with van der Waals surface area (Å²) in [4.78, 5) is 23.5. The van der Waals surface area contributed by atoms with Gasteiger partial charge < -0.3 is 4.74 Å². The molecule has 0 aliphatic rings. The highest BCUT2D eigenvalue weighted by Gasteiger charge is 2.22. The van der Waals surface area contributed by atoms with Gasteiger partial charge in [0.1, 0.15) is 11.3 Å². The van der Waals surface area contributed by atoms with Crippen LogP contribution in [-0.2, 0) is 11.3 Å². The van der Waals surface area contributed by atoms with Gasteiger partial charge in [-0.3, -0.25) is 14.7 Å². The first kappa shape index (κ1) is 18.4. The van der Waals surface area contributed by atoms with Crippen LogP contribution >= 0.6 is 22.9 Å². The average molecular weight is 410 g/mol. The molecule has 2 heterocycles. The molecule has 140 valence electrons. The third-order valence-electron chi connectivity index (χ3n) is 4.04. The normalized spacial score (nSPS) is 10.8. The second kappa shape index (κ2) is 8.37. The molecule has 0 N–H and O–H groups in total. The molecular weight excluding hydrogens is 394 g/mol. The lowest BCUT2D eigenvalue weighted by Gasteiger charge is -2.19. The van der Waals surface area contributed by atoms with Crippen molar-refractivity contribution in [1.29, 1.82) is 0 Å². The molecule has 0 aliphatic carbocycles. The SMILES string of the molecule is O=C(COc1ccccc1)N(Cc1ccccn1)c1nc2c(Cl)cccc2s1. The van der Waals surface area contributed by atoms with Crippen molar-refractivity contribution in [3.63, 3.8) is 0 Å². The van der Waals surface area contributed by atoms with Crippen LogP contribution in [0, 0.1) is 0 Å². The van der Waals surface area contributed by atoms with Crippen LogP contribution in [0.4, 0.5) is 5.13 Å². The summed E-state index contributed by atoms with van der Waals surface area (Å²) >= 11 is 7.67. The van der Waals surface area contributed by atoms with Gasteiger partial charge in [0.2, 0.25) is 0 Å².